The summed E-state index contributed by atoms with van der Waals surface area (Å²) < 4.78 is 18.2. The zero-order valence-corrected chi connectivity index (χ0v) is 29.6. The maximum atomic E-state index is 13.6. The average Bonchev–Trinajstić information content (AvgIpc) is 3.84. The number of nitrogens with one attached hydrogen (secondary N) is 2. The van der Waals surface area contributed by atoms with Crippen LogP contribution in [-0.2, 0) is 27.2 Å². The minimum absolute atomic E-state index is 0. The van der Waals surface area contributed by atoms with Crippen molar-refractivity contribution >= 4 is 25.3 Å². The van der Waals surface area contributed by atoms with Gasteiger partial charge in [0.25, 0.3) is 5.91 Å². The van der Waals surface area contributed by atoms with Gasteiger partial charge in [-0.2, -0.15) is 10.2 Å². The Balaban J connectivity index is 0.00000242. The first-order valence-electron chi connectivity index (χ1n) is 13.5. The van der Waals surface area contributed by atoms with Gasteiger partial charge < -0.3 is 29.5 Å². The Morgan fingerprint density at radius 3 is 2.21 bits per heavy atom. The molecule has 15 heteroatoms. The van der Waals surface area contributed by atoms with Gasteiger partial charge in [-0.25, -0.2) is 4.68 Å². The van der Waals surface area contributed by atoms with Crippen molar-refractivity contribution in [3.05, 3.63) is 53.6 Å². The van der Waals surface area contributed by atoms with Crippen LogP contribution in [0.25, 0.3) is 11.1 Å². The van der Waals surface area contributed by atoms with E-state index in [0.29, 0.717) is 41.1 Å². The number of aryl methyl sites for hydroxylation is 2. The summed E-state index contributed by atoms with van der Waals surface area (Å²) in [6, 6.07) is 8.21. The van der Waals surface area contributed by atoms with Crippen LogP contribution in [0, 0.1) is 31.6 Å². The van der Waals surface area contributed by atoms with Crippen LogP contribution in [0.2, 0.25) is 0 Å². The normalized spacial score (nSPS) is 15.5. The van der Waals surface area contributed by atoms with E-state index < -0.39 is 20.6 Å². The van der Waals surface area contributed by atoms with Crippen LogP contribution in [0.3, 0.4) is 0 Å². The molecule has 2 aliphatic rings. The topological polar surface area (TPSA) is 166 Å². The number of amides is 2. The Morgan fingerprint density at radius 2 is 1.67 bits per heavy atom. The van der Waals surface area contributed by atoms with E-state index in [1.54, 1.807) is 42.9 Å². The number of nitrogens with zero attached hydrogens (tertiary/aromatic N) is 4. The van der Waals surface area contributed by atoms with Crippen molar-refractivity contribution in [2.45, 2.75) is 65.8 Å². The van der Waals surface area contributed by atoms with Gasteiger partial charge in [0.05, 0.1) is 13.5 Å². The fourth-order valence-electron chi connectivity index (χ4n) is 5.53. The Labute approximate surface area is 289 Å². The smallest absolute Gasteiger partial charge is 0.790 e. The summed E-state index contributed by atoms with van der Waals surface area (Å²) in [6.45, 7) is 5.49. The second-order valence-corrected chi connectivity index (χ2v) is 11.7. The monoisotopic (exact) mass is 614 g/mol. The van der Waals surface area contributed by atoms with Crippen molar-refractivity contribution in [3.8, 4) is 11.1 Å². The van der Waals surface area contributed by atoms with Crippen molar-refractivity contribution in [1.29, 1.82) is 0 Å². The number of phosphoric acid groups is 1. The van der Waals surface area contributed by atoms with Crippen molar-refractivity contribution in [2.24, 2.45) is 17.8 Å². The molecule has 42 heavy (non-hydrogen) atoms. The van der Waals surface area contributed by atoms with E-state index in [1.165, 1.54) is 4.68 Å². The van der Waals surface area contributed by atoms with Crippen LogP contribution >= 0.6 is 7.82 Å². The predicted molar refractivity (Wildman–Crippen MR) is 143 cm³/mol. The molecule has 12 nitrogen and oxygen atoms in total. The predicted octanol–water partition coefficient (Wildman–Crippen LogP) is -3.63. The standard InChI is InChI=1S/C27H35N6O6P.2Na/c1-4-32-22(13-14-28-32)26(34)30-25(24(19-5-6-19)20-7-8-20)27(35)29-21-11-9-18(10-12-21)23-16(2)31-33(17(23)3)15-39-40(36,37)38;;/h9-14,19-20,24-25H,4-8,15H2,1-3H3,(H,29,35)(H,30,34)(H2,36,37,38);;/q;2*+1/p-2/t25-;;/m0../s1. The first-order valence-corrected chi connectivity index (χ1v) is 15.0. The number of phosphoric ester groups is 1. The molecule has 2 aliphatic carbocycles. The van der Waals surface area contributed by atoms with Gasteiger partial charge in [-0.1, -0.05) is 12.1 Å². The number of aromatic nitrogens is 4. The molecule has 2 amide bonds. The molecule has 2 aromatic heterocycles. The van der Waals surface area contributed by atoms with Crippen molar-refractivity contribution in [3.63, 3.8) is 0 Å². The zero-order valence-electron chi connectivity index (χ0n) is 24.7. The number of hydrogen-bond acceptors (Lipinski definition) is 8. The number of carbonyl (C=O) groups excluding carboxylic acids is 2. The van der Waals surface area contributed by atoms with Gasteiger partial charge in [-0.05, 0) is 88.0 Å². The number of benzene rings is 1. The molecule has 214 valence electrons. The third-order valence-electron chi connectivity index (χ3n) is 7.70. The molecule has 2 N–H and O–H groups in total. The van der Waals surface area contributed by atoms with E-state index in [0.717, 1.165) is 36.8 Å². The zero-order chi connectivity index (χ0) is 28.6. The van der Waals surface area contributed by atoms with Gasteiger partial charge in [0.2, 0.25) is 5.91 Å². The first kappa shape index (κ1) is 35.2. The molecule has 0 saturated heterocycles. The van der Waals surface area contributed by atoms with Gasteiger partial charge in [0, 0.05) is 29.7 Å². The third kappa shape index (κ3) is 8.44. The summed E-state index contributed by atoms with van der Waals surface area (Å²) in [6.07, 6.45) is 5.87. The number of hydrogen-bond donors (Lipinski definition) is 2. The van der Waals surface area contributed by atoms with Gasteiger partial charge in [-0.3, -0.25) is 14.3 Å². The Hall–Kier alpha value is -1.31. The van der Waals surface area contributed by atoms with Crippen molar-refractivity contribution < 1.29 is 87.6 Å². The minimum Gasteiger partial charge on any atom is -0.790 e. The van der Waals surface area contributed by atoms with Crippen LogP contribution in [0.15, 0.2) is 36.5 Å². The molecule has 0 spiro atoms. The number of anilines is 1. The Bertz CT molecular complexity index is 1440. The van der Waals surface area contributed by atoms with Gasteiger partial charge in [-0.15, -0.1) is 0 Å². The maximum Gasteiger partial charge on any atom is 1.00 e. The van der Waals surface area contributed by atoms with Crippen LogP contribution in [-0.4, -0.2) is 37.4 Å². The average molecular weight is 615 g/mol. The maximum absolute atomic E-state index is 13.6. The molecular weight excluding hydrogens is 581 g/mol. The van der Waals surface area contributed by atoms with E-state index in [9.17, 15) is 23.9 Å². The van der Waals surface area contributed by atoms with E-state index in [-0.39, 0.29) is 76.8 Å². The van der Waals surface area contributed by atoms with Crippen LogP contribution in [0.4, 0.5) is 5.69 Å². The van der Waals surface area contributed by atoms with E-state index in [4.69, 9.17) is 0 Å². The Kier molecular flexibility index (Phi) is 12.3. The van der Waals surface area contributed by atoms with Crippen LogP contribution in [0.1, 0.15) is 54.5 Å². The molecule has 0 bridgehead atoms. The molecule has 5 rings (SSSR count). The fraction of sp³-hybridized carbons (Fsp3) is 0.481. The summed E-state index contributed by atoms with van der Waals surface area (Å²) in [4.78, 5) is 48.6. The quantitative estimate of drug-likeness (QED) is 0.156. The van der Waals surface area contributed by atoms with Crippen molar-refractivity contribution in [2.75, 3.05) is 5.32 Å². The number of carbonyl (C=O) groups is 2. The summed E-state index contributed by atoms with van der Waals surface area (Å²) in [5.74, 6) is 0.414. The van der Waals surface area contributed by atoms with E-state index >= 15 is 0 Å². The molecule has 1 aromatic carbocycles. The molecule has 0 unspecified atom stereocenters. The van der Waals surface area contributed by atoms with Crippen LogP contribution < -0.4 is 79.5 Å². The van der Waals surface area contributed by atoms with Crippen molar-refractivity contribution in [1.82, 2.24) is 24.9 Å². The second kappa shape index (κ2) is 14.6. The molecular formula is C27H33N6Na2O6P. The molecule has 1 atom stereocenters. The fourth-order valence-corrected chi connectivity index (χ4v) is 5.78. The molecule has 2 saturated carbocycles. The molecule has 3 aromatic rings. The third-order valence-corrected chi connectivity index (χ3v) is 8.13. The molecule has 0 radical (unpaired) electrons. The largest absolute Gasteiger partial charge is 1.00 e. The van der Waals surface area contributed by atoms with Gasteiger partial charge >= 0.3 is 59.1 Å². The summed E-state index contributed by atoms with van der Waals surface area (Å²) in [5, 5.41) is 14.5. The summed E-state index contributed by atoms with van der Waals surface area (Å²) in [5.41, 5.74) is 3.86. The Morgan fingerprint density at radius 1 is 1.05 bits per heavy atom. The van der Waals surface area contributed by atoms with E-state index in [2.05, 4.69) is 25.4 Å². The second-order valence-electron chi connectivity index (χ2n) is 10.6. The summed E-state index contributed by atoms with van der Waals surface area (Å²) >= 11 is 0. The minimum atomic E-state index is -5.13. The SMILES string of the molecule is CCn1nccc1C(=O)N[C@H](C(=O)Nc1ccc(-c2c(C)nn(COP(=O)([O-])[O-])c2C)cc1)C(C1CC1)C1CC1.[Na+].[Na+]. The van der Waals surface area contributed by atoms with Crippen LogP contribution in [0.5, 0.6) is 0 Å². The van der Waals surface area contributed by atoms with Gasteiger partial charge in [0.15, 0.2) is 0 Å². The van der Waals surface area contributed by atoms with E-state index in [1.807, 2.05) is 19.1 Å². The number of rotatable bonds is 12. The molecule has 2 fully saturated rings. The summed E-state index contributed by atoms with van der Waals surface area (Å²) in [7, 11) is -5.13. The molecule has 0 aliphatic heterocycles. The van der Waals surface area contributed by atoms with Gasteiger partial charge in [0.1, 0.15) is 18.5 Å². The molecule has 2 heterocycles. The first-order chi connectivity index (χ1) is 19.1.